The molecule has 1 saturated heterocycles. The molecule has 1 aromatic carbocycles. The lowest BCUT2D eigenvalue weighted by atomic mass is 10.2. The Morgan fingerprint density at radius 3 is 2.73 bits per heavy atom. The Balaban J connectivity index is 2.13. The molecule has 1 N–H and O–H groups in total. The van der Waals surface area contributed by atoms with Crippen LogP contribution in [0, 0.1) is 0 Å². The topological polar surface area (TPSA) is 67.9 Å². The average Bonchev–Trinajstić information content (AvgIpc) is 2.99. The fraction of sp³-hybridized carbons (Fsp3) is 0.600. The lowest BCUT2D eigenvalue weighted by Crippen LogP contribution is -2.40. The highest BCUT2D eigenvalue weighted by molar-refractivity contribution is 7.89. The van der Waals surface area contributed by atoms with Crippen LogP contribution in [0.2, 0.25) is 0 Å². The van der Waals surface area contributed by atoms with Crippen LogP contribution in [0.15, 0.2) is 23.1 Å². The lowest BCUT2D eigenvalue weighted by Gasteiger charge is -2.23. The van der Waals surface area contributed by atoms with Gasteiger partial charge >= 0.3 is 0 Å². The molecule has 0 spiro atoms. The number of benzene rings is 1. The molecule has 2 rings (SSSR count). The van der Waals surface area contributed by atoms with Crippen molar-refractivity contribution in [2.75, 3.05) is 33.9 Å². The van der Waals surface area contributed by atoms with Crippen LogP contribution in [-0.2, 0) is 10.0 Å². The van der Waals surface area contributed by atoms with Gasteiger partial charge in [0, 0.05) is 18.7 Å². The largest absolute Gasteiger partial charge is 0.497 e. The SMILES string of the molecule is CCN1CCCC1CNS(=O)(=O)c1ccc(OC)cc1OC. The van der Waals surface area contributed by atoms with Crippen molar-refractivity contribution in [2.24, 2.45) is 0 Å². The summed E-state index contributed by atoms with van der Waals surface area (Å²) in [6.45, 7) is 4.50. The maximum Gasteiger partial charge on any atom is 0.244 e. The van der Waals surface area contributed by atoms with Crippen LogP contribution >= 0.6 is 0 Å². The number of methoxy groups -OCH3 is 2. The highest BCUT2D eigenvalue weighted by Gasteiger charge is 2.26. The molecule has 1 aromatic rings. The minimum atomic E-state index is -3.60. The van der Waals surface area contributed by atoms with E-state index >= 15 is 0 Å². The predicted molar refractivity (Wildman–Crippen MR) is 85.0 cm³/mol. The average molecular weight is 328 g/mol. The molecule has 1 unspecified atom stereocenters. The van der Waals surface area contributed by atoms with E-state index in [1.54, 1.807) is 12.1 Å². The summed E-state index contributed by atoms with van der Waals surface area (Å²) in [6.07, 6.45) is 2.14. The first-order valence-corrected chi connectivity index (χ1v) is 8.96. The molecule has 1 atom stereocenters. The quantitative estimate of drug-likeness (QED) is 0.821. The van der Waals surface area contributed by atoms with Gasteiger partial charge in [0.25, 0.3) is 0 Å². The second-order valence-corrected chi connectivity index (χ2v) is 7.03. The van der Waals surface area contributed by atoms with Gasteiger partial charge in [0.2, 0.25) is 10.0 Å². The Labute approximate surface area is 132 Å². The lowest BCUT2D eigenvalue weighted by molar-refractivity contribution is 0.268. The number of likely N-dealkylation sites (tertiary alicyclic amines) is 1. The van der Waals surface area contributed by atoms with E-state index < -0.39 is 10.0 Å². The molecule has 6 nitrogen and oxygen atoms in total. The van der Waals surface area contributed by atoms with Crippen LogP contribution in [0.3, 0.4) is 0 Å². The zero-order chi connectivity index (χ0) is 16.2. The number of hydrogen-bond acceptors (Lipinski definition) is 5. The molecule has 22 heavy (non-hydrogen) atoms. The molecule has 0 aliphatic carbocycles. The fourth-order valence-electron chi connectivity index (χ4n) is 2.82. The molecule has 0 radical (unpaired) electrons. The zero-order valence-corrected chi connectivity index (χ0v) is 14.1. The fourth-order valence-corrected chi connectivity index (χ4v) is 4.04. The smallest absolute Gasteiger partial charge is 0.244 e. The van der Waals surface area contributed by atoms with Gasteiger partial charge in [0.1, 0.15) is 16.4 Å². The molecule has 1 fully saturated rings. The first-order valence-electron chi connectivity index (χ1n) is 7.47. The Morgan fingerprint density at radius 1 is 1.32 bits per heavy atom. The van der Waals surface area contributed by atoms with Crippen LogP contribution in [0.4, 0.5) is 0 Å². The molecule has 124 valence electrons. The molecule has 1 aliphatic heterocycles. The first-order chi connectivity index (χ1) is 10.5. The highest BCUT2D eigenvalue weighted by Crippen LogP contribution is 2.28. The maximum atomic E-state index is 12.5. The summed E-state index contributed by atoms with van der Waals surface area (Å²) in [4.78, 5) is 2.44. The van der Waals surface area contributed by atoms with Gasteiger partial charge < -0.3 is 9.47 Å². The Kier molecular flexibility index (Phi) is 5.66. The summed E-state index contributed by atoms with van der Waals surface area (Å²) in [6, 6.07) is 4.96. The molecular weight excluding hydrogens is 304 g/mol. The Morgan fingerprint density at radius 2 is 2.09 bits per heavy atom. The van der Waals surface area contributed by atoms with E-state index in [0.717, 1.165) is 25.9 Å². The van der Waals surface area contributed by atoms with Crippen LogP contribution in [0.25, 0.3) is 0 Å². The molecule has 0 bridgehead atoms. The Bertz CT molecular complexity index is 604. The number of nitrogens with zero attached hydrogens (tertiary/aromatic N) is 1. The monoisotopic (exact) mass is 328 g/mol. The van der Waals surface area contributed by atoms with E-state index in [2.05, 4.69) is 16.5 Å². The third kappa shape index (κ3) is 3.71. The highest BCUT2D eigenvalue weighted by atomic mass is 32.2. The number of likely N-dealkylation sites (N-methyl/N-ethyl adjacent to an activating group) is 1. The summed E-state index contributed by atoms with van der Waals surface area (Å²) < 4.78 is 38.0. The van der Waals surface area contributed by atoms with Crippen molar-refractivity contribution in [3.63, 3.8) is 0 Å². The van der Waals surface area contributed by atoms with Crippen LogP contribution in [-0.4, -0.2) is 53.2 Å². The number of rotatable bonds is 7. The molecule has 0 aromatic heterocycles. The molecular formula is C15H24N2O4S. The first kappa shape index (κ1) is 17.1. The number of sulfonamides is 1. The third-order valence-corrected chi connectivity index (χ3v) is 5.54. The normalized spacial score (nSPS) is 19.3. The minimum absolute atomic E-state index is 0.136. The Hall–Kier alpha value is -1.31. The predicted octanol–water partition coefficient (Wildman–Crippen LogP) is 1.47. The number of hydrogen-bond donors (Lipinski definition) is 1. The summed E-state index contributed by atoms with van der Waals surface area (Å²) in [5, 5.41) is 0. The summed E-state index contributed by atoms with van der Waals surface area (Å²) >= 11 is 0. The van der Waals surface area contributed by atoms with Gasteiger partial charge in [0.15, 0.2) is 0 Å². The maximum absolute atomic E-state index is 12.5. The van der Waals surface area contributed by atoms with E-state index in [4.69, 9.17) is 9.47 Å². The number of ether oxygens (including phenoxy) is 2. The summed E-state index contributed by atoms with van der Waals surface area (Å²) in [5.74, 6) is 0.842. The minimum Gasteiger partial charge on any atom is -0.497 e. The van der Waals surface area contributed by atoms with Crippen LogP contribution in [0.1, 0.15) is 19.8 Å². The second-order valence-electron chi connectivity index (χ2n) is 5.29. The molecule has 0 amide bonds. The zero-order valence-electron chi connectivity index (χ0n) is 13.3. The molecule has 7 heteroatoms. The van der Waals surface area contributed by atoms with E-state index in [1.165, 1.54) is 20.3 Å². The van der Waals surface area contributed by atoms with Gasteiger partial charge in [-0.1, -0.05) is 6.92 Å². The van der Waals surface area contributed by atoms with Crippen molar-refractivity contribution in [1.29, 1.82) is 0 Å². The van der Waals surface area contributed by atoms with Gasteiger partial charge in [-0.2, -0.15) is 0 Å². The summed E-state index contributed by atoms with van der Waals surface area (Å²) in [7, 11) is -0.628. The number of nitrogens with one attached hydrogen (secondary N) is 1. The summed E-state index contributed by atoms with van der Waals surface area (Å²) in [5.41, 5.74) is 0. The molecule has 1 aliphatic rings. The van der Waals surface area contributed by atoms with Crippen LogP contribution < -0.4 is 14.2 Å². The van der Waals surface area contributed by atoms with Gasteiger partial charge in [-0.25, -0.2) is 13.1 Å². The van der Waals surface area contributed by atoms with E-state index in [1.807, 2.05) is 0 Å². The second kappa shape index (κ2) is 7.30. The molecule has 1 heterocycles. The van der Waals surface area contributed by atoms with Crippen LogP contribution in [0.5, 0.6) is 11.5 Å². The van der Waals surface area contributed by atoms with Crippen molar-refractivity contribution in [2.45, 2.75) is 30.7 Å². The van der Waals surface area contributed by atoms with Crippen molar-refractivity contribution in [1.82, 2.24) is 9.62 Å². The van der Waals surface area contributed by atoms with E-state index in [-0.39, 0.29) is 16.7 Å². The van der Waals surface area contributed by atoms with Gasteiger partial charge in [0.05, 0.1) is 14.2 Å². The van der Waals surface area contributed by atoms with Crippen molar-refractivity contribution in [3.05, 3.63) is 18.2 Å². The standard InChI is InChI=1S/C15H24N2O4S/c1-4-17-9-5-6-12(17)11-16-22(18,19)15-8-7-13(20-2)10-14(15)21-3/h7-8,10,12,16H,4-6,9,11H2,1-3H3. The van der Waals surface area contributed by atoms with Gasteiger partial charge in [-0.05, 0) is 38.1 Å². The van der Waals surface area contributed by atoms with E-state index in [0.29, 0.717) is 12.3 Å². The third-order valence-electron chi connectivity index (χ3n) is 4.07. The van der Waals surface area contributed by atoms with Gasteiger partial charge in [-0.3, -0.25) is 4.90 Å². The van der Waals surface area contributed by atoms with Crippen molar-refractivity contribution in [3.8, 4) is 11.5 Å². The van der Waals surface area contributed by atoms with E-state index in [9.17, 15) is 8.42 Å². The van der Waals surface area contributed by atoms with Gasteiger partial charge in [-0.15, -0.1) is 0 Å². The van der Waals surface area contributed by atoms with Crippen molar-refractivity contribution < 1.29 is 17.9 Å². The molecule has 0 saturated carbocycles. The van der Waals surface area contributed by atoms with Crippen molar-refractivity contribution >= 4 is 10.0 Å².